The molecule has 1 fully saturated rings. The summed E-state index contributed by atoms with van der Waals surface area (Å²) in [6, 6.07) is 32.2. The highest BCUT2D eigenvalue weighted by Gasteiger charge is 2.37. The van der Waals surface area contributed by atoms with Crippen molar-refractivity contribution in [1.82, 2.24) is 14.5 Å². The largest absolute Gasteiger partial charge is 0.376 e. The van der Waals surface area contributed by atoms with Gasteiger partial charge in [-0.15, -0.1) is 0 Å². The maximum atomic E-state index is 13.5. The van der Waals surface area contributed by atoms with E-state index in [1.165, 1.54) is 0 Å². The molecule has 0 radical (unpaired) electrons. The molecular formula is C34H30N4O2. The molecule has 1 amide bonds. The lowest BCUT2D eigenvalue weighted by atomic mass is 9.83. The number of nitrogens with one attached hydrogen (secondary N) is 1. The molecule has 0 aliphatic carbocycles. The van der Waals surface area contributed by atoms with Gasteiger partial charge in [-0.3, -0.25) is 14.6 Å². The van der Waals surface area contributed by atoms with E-state index in [4.69, 9.17) is 0 Å². The highest BCUT2D eigenvalue weighted by Crippen LogP contribution is 2.36. The molecule has 0 unspecified atom stereocenters. The first-order valence-corrected chi connectivity index (χ1v) is 13.9. The Morgan fingerprint density at radius 1 is 0.850 bits per heavy atom. The van der Waals surface area contributed by atoms with E-state index in [9.17, 15) is 9.59 Å². The lowest BCUT2D eigenvalue weighted by Gasteiger charge is -2.43. The number of piperidine rings is 1. The molecule has 1 N–H and O–H groups in total. The van der Waals surface area contributed by atoms with E-state index in [1.807, 2.05) is 88.5 Å². The van der Waals surface area contributed by atoms with E-state index in [0.29, 0.717) is 37.4 Å². The molecule has 2 aliphatic heterocycles. The molecule has 2 aliphatic rings. The topological polar surface area (TPSA) is 67.2 Å². The maximum absolute atomic E-state index is 13.5. The second kappa shape index (κ2) is 10.1. The number of carbonyl (C=O) groups is 1. The molecule has 40 heavy (non-hydrogen) atoms. The van der Waals surface area contributed by atoms with Crippen LogP contribution in [0, 0.1) is 5.92 Å². The first-order valence-electron chi connectivity index (χ1n) is 13.9. The van der Waals surface area contributed by atoms with Gasteiger partial charge in [-0.2, -0.15) is 0 Å². The molecule has 2 aromatic heterocycles. The van der Waals surface area contributed by atoms with Crippen LogP contribution in [0.15, 0.2) is 108 Å². The molecular weight excluding hydrogens is 496 g/mol. The van der Waals surface area contributed by atoms with Gasteiger partial charge < -0.3 is 14.8 Å². The first-order chi connectivity index (χ1) is 19.6. The van der Waals surface area contributed by atoms with Crippen molar-refractivity contribution in [1.29, 1.82) is 0 Å². The highest BCUT2D eigenvalue weighted by molar-refractivity contribution is 5.95. The number of anilines is 1. The molecule has 1 saturated heterocycles. The molecule has 2 atom stereocenters. The number of likely N-dealkylation sites (tertiary alicyclic amines) is 1. The normalized spacial score (nSPS) is 17.9. The quantitative estimate of drug-likeness (QED) is 0.308. The highest BCUT2D eigenvalue weighted by atomic mass is 16.2. The molecule has 0 saturated carbocycles. The zero-order valence-electron chi connectivity index (χ0n) is 22.2. The van der Waals surface area contributed by atoms with Gasteiger partial charge in [-0.25, -0.2) is 0 Å². The summed E-state index contributed by atoms with van der Waals surface area (Å²) in [6.07, 6.45) is 2.86. The van der Waals surface area contributed by atoms with Crippen molar-refractivity contribution in [2.75, 3.05) is 18.4 Å². The van der Waals surface area contributed by atoms with Crippen molar-refractivity contribution in [2.24, 2.45) is 5.92 Å². The zero-order valence-corrected chi connectivity index (χ0v) is 22.2. The van der Waals surface area contributed by atoms with Crippen LogP contribution in [0.3, 0.4) is 0 Å². The van der Waals surface area contributed by atoms with Crippen LogP contribution in [0.1, 0.15) is 34.0 Å². The molecule has 3 aromatic carbocycles. The van der Waals surface area contributed by atoms with Gasteiger partial charge in [0.2, 0.25) is 0 Å². The SMILES string of the molecule is O=C(c1ccc(-c2ccccc2)cc1)N1C[C@@H]2C[C@H](C1)c1ccc(NCc3cnc4ccccc4c3)c(=O)n1C2. The molecule has 6 nitrogen and oxygen atoms in total. The number of nitrogens with zero attached hydrogens (tertiary/aromatic N) is 3. The van der Waals surface area contributed by atoms with Gasteiger partial charge in [0, 0.05) is 54.9 Å². The number of hydrogen-bond donors (Lipinski definition) is 1. The van der Waals surface area contributed by atoms with Crippen LogP contribution in [0.4, 0.5) is 5.69 Å². The predicted molar refractivity (Wildman–Crippen MR) is 158 cm³/mol. The third-order valence-electron chi connectivity index (χ3n) is 8.26. The Kier molecular flexibility index (Phi) is 6.16. The number of hydrogen-bond acceptors (Lipinski definition) is 4. The predicted octanol–water partition coefficient (Wildman–Crippen LogP) is 5.94. The van der Waals surface area contributed by atoms with Gasteiger partial charge in [-0.05, 0) is 65.4 Å². The van der Waals surface area contributed by atoms with Gasteiger partial charge in [0.25, 0.3) is 11.5 Å². The second-order valence-electron chi connectivity index (χ2n) is 10.9. The van der Waals surface area contributed by atoms with Gasteiger partial charge in [0.1, 0.15) is 5.69 Å². The number of carbonyl (C=O) groups excluding carboxylic acids is 1. The van der Waals surface area contributed by atoms with Gasteiger partial charge in [0.05, 0.1) is 5.52 Å². The fourth-order valence-electron chi connectivity index (χ4n) is 6.28. The van der Waals surface area contributed by atoms with Crippen LogP contribution < -0.4 is 10.9 Å². The average Bonchev–Trinajstić information content (AvgIpc) is 3.01. The lowest BCUT2D eigenvalue weighted by Crippen LogP contribution is -2.49. The summed E-state index contributed by atoms with van der Waals surface area (Å²) in [5.41, 5.74) is 6.57. The molecule has 5 aromatic rings. The number of amides is 1. The Labute approximate surface area is 232 Å². The summed E-state index contributed by atoms with van der Waals surface area (Å²) in [7, 11) is 0. The Morgan fingerprint density at radius 3 is 2.48 bits per heavy atom. The smallest absolute Gasteiger partial charge is 0.274 e. The summed E-state index contributed by atoms with van der Waals surface area (Å²) >= 11 is 0. The monoisotopic (exact) mass is 526 g/mol. The number of benzene rings is 3. The Bertz CT molecular complexity index is 1760. The van der Waals surface area contributed by atoms with Gasteiger partial charge in [0.15, 0.2) is 0 Å². The molecule has 4 heterocycles. The van der Waals surface area contributed by atoms with Crippen molar-refractivity contribution in [3.63, 3.8) is 0 Å². The first kappa shape index (κ1) is 24.3. The van der Waals surface area contributed by atoms with Gasteiger partial charge >= 0.3 is 0 Å². The van der Waals surface area contributed by atoms with Crippen LogP contribution in [0.2, 0.25) is 0 Å². The molecule has 6 heteroatoms. The van der Waals surface area contributed by atoms with Gasteiger partial charge in [-0.1, -0.05) is 60.7 Å². The van der Waals surface area contributed by atoms with Crippen molar-refractivity contribution in [2.45, 2.75) is 25.4 Å². The fourth-order valence-corrected chi connectivity index (χ4v) is 6.28. The second-order valence-corrected chi connectivity index (χ2v) is 10.9. The van der Waals surface area contributed by atoms with E-state index in [2.05, 4.69) is 34.6 Å². The van der Waals surface area contributed by atoms with Crippen LogP contribution in [0.25, 0.3) is 22.0 Å². The molecule has 0 spiro atoms. The molecule has 2 bridgehead atoms. The third-order valence-corrected chi connectivity index (χ3v) is 8.26. The lowest BCUT2D eigenvalue weighted by molar-refractivity contribution is 0.0594. The minimum atomic E-state index is 0.0113. The van der Waals surface area contributed by atoms with Crippen LogP contribution in [0.5, 0.6) is 0 Å². The minimum Gasteiger partial charge on any atom is -0.376 e. The number of aromatic nitrogens is 2. The van der Waals surface area contributed by atoms with Crippen molar-refractivity contribution in [3.05, 3.63) is 130 Å². The van der Waals surface area contributed by atoms with Crippen LogP contribution >= 0.6 is 0 Å². The number of fused-ring (bicyclic) bond motifs is 5. The summed E-state index contributed by atoms with van der Waals surface area (Å²) < 4.78 is 1.93. The summed E-state index contributed by atoms with van der Waals surface area (Å²) in [6.45, 7) is 2.46. The number of pyridine rings is 2. The maximum Gasteiger partial charge on any atom is 0.274 e. The summed E-state index contributed by atoms with van der Waals surface area (Å²) in [5.74, 6) is 0.482. The van der Waals surface area contributed by atoms with E-state index in [-0.39, 0.29) is 23.3 Å². The van der Waals surface area contributed by atoms with E-state index in [0.717, 1.165) is 39.7 Å². The molecule has 198 valence electrons. The Morgan fingerprint density at radius 2 is 1.62 bits per heavy atom. The van der Waals surface area contributed by atoms with E-state index in [1.54, 1.807) is 0 Å². The molecule has 7 rings (SSSR count). The summed E-state index contributed by atoms with van der Waals surface area (Å²) in [5, 5.41) is 4.42. The van der Waals surface area contributed by atoms with Crippen molar-refractivity contribution >= 4 is 22.5 Å². The Hall–Kier alpha value is -4.71. The minimum absolute atomic E-state index is 0.0113. The third kappa shape index (κ3) is 4.56. The van der Waals surface area contributed by atoms with E-state index >= 15 is 0 Å². The standard InChI is InChI=1S/C34H30N4O2/c39-33(27-12-10-26(11-13-27)25-6-2-1-3-7-25)37-20-24-17-29(22-37)32-15-14-31(34(40)38(32)21-24)36-19-23-16-28-8-4-5-9-30(28)35-18-23/h1-16,18,24,29,36H,17,19-22H2/t24-,29+/m0/s1. The summed E-state index contributed by atoms with van der Waals surface area (Å²) in [4.78, 5) is 33.4. The van der Waals surface area contributed by atoms with Crippen molar-refractivity contribution in [3.8, 4) is 11.1 Å². The Balaban J connectivity index is 1.06. The van der Waals surface area contributed by atoms with Crippen LogP contribution in [-0.4, -0.2) is 33.4 Å². The average molecular weight is 527 g/mol. The number of para-hydroxylation sites is 1. The van der Waals surface area contributed by atoms with Crippen molar-refractivity contribution < 1.29 is 4.79 Å². The zero-order chi connectivity index (χ0) is 27.1. The fraction of sp³-hybridized carbons (Fsp3) is 0.206. The number of rotatable bonds is 5. The van der Waals surface area contributed by atoms with E-state index < -0.39 is 0 Å². The van der Waals surface area contributed by atoms with Crippen LogP contribution in [-0.2, 0) is 13.1 Å².